The summed E-state index contributed by atoms with van der Waals surface area (Å²) in [5, 5.41) is 2.75. The number of rotatable bonds is 4. The Bertz CT molecular complexity index is 898. The first-order valence-corrected chi connectivity index (χ1v) is 8.70. The Hall–Kier alpha value is -2.93. The van der Waals surface area contributed by atoms with Crippen molar-refractivity contribution in [1.29, 1.82) is 0 Å². The zero-order valence-electron chi connectivity index (χ0n) is 14.5. The van der Waals surface area contributed by atoms with Gasteiger partial charge in [-0.3, -0.25) is 4.79 Å². The summed E-state index contributed by atoms with van der Waals surface area (Å²) in [6, 6.07) is 9.86. The molecule has 0 radical (unpaired) electrons. The molecule has 0 fully saturated rings. The Kier molecular flexibility index (Phi) is 4.77. The molecular formula is C20H18FNO5. The van der Waals surface area contributed by atoms with Crippen LogP contribution < -0.4 is 10.1 Å². The normalized spacial score (nSPS) is 18.0. The lowest BCUT2D eigenvalue weighted by Gasteiger charge is -2.24. The Morgan fingerprint density at radius 3 is 2.96 bits per heavy atom. The lowest BCUT2D eigenvalue weighted by Crippen LogP contribution is -2.42. The number of nitrogens with one attached hydrogen (secondary N) is 1. The summed E-state index contributed by atoms with van der Waals surface area (Å²) >= 11 is 0. The third kappa shape index (κ3) is 3.64. The van der Waals surface area contributed by atoms with E-state index in [2.05, 4.69) is 5.32 Å². The van der Waals surface area contributed by atoms with Gasteiger partial charge in [-0.2, -0.15) is 0 Å². The molecule has 140 valence electrons. The van der Waals surface area contributed by atoms with Crippen molar-refractivity contribution in [2.75, 3.05) is 13.3 Å². The number of fused-ring (bicyclic) bond motifs is 2. The average molecular weight is 371 g/mol. The summed E-state index contributed by atoms with van der Waals surface area (Å²) in [6.07, 6.45) is -0.134. The summed E-state index contributed by atoms with van der Waals surface area (Å²) in [5.74, 6) is -0.631. The second-order valence-corrected chi connectivity index (χ2v) is 6.46. The minimum atomic E-state index is -0.863. The van der Waals surface area contributed by atoms with Crippen molar-refractivity contribution in [3.8, 4) is 5.75 Å². The van der Waals surface area contributed by atoms with Crippen molar-refractivity contribution in [2.24, 2.45) is 0 Å². The molecule has 2 aliphatic heterocycles. The first-order valence-electron chi connectivity index (χ1n) is 8.70. The van der Waals surface area contributed by atoms with E-state index in [1.54, 1.807) is 12.1 Å². The molecule has 0 bridgehead atoms. The van der Waals surface area contributed by atoms with Crippen LogP contribution in [-0.2, 0) is 33.7 Å². The summed E-state index contributed by atoms with van der Waals surface area (Å²) in [4.78, 5) is 24.4. The number of carbonyl (C=O) groups is 2. The highest BCUT2D eigenvalue weighted by Crippen LogP contribution is 2.29. The number of esters is 1. The zero-order chi connectivity index (χ0) is 18.8. The number of ether oxygens (including phenoxy) is 3. The molecule has 0 aliphatic carbocycles. The predicted octanol–water partition coefficient (Wildman–Crippen LogP) is 2.13. The zero-order valence-corrected chi connectivity index (χ0v) is 14.5. The van der Waals surface area contributed by atoms with Crippen LogP contribution in [0.5, 0.6) is 5.75 Å². The smallest absolute Gasteiger partial charge is 0.339 e. The van der Waals surface area contributed by atoms with Gasteiger partial charge in [0.1, 0.15) is 11.6 Å². The van der Waals surface area contributed by atoms with Crippen molar-refractivity contribution < 1.29 is 28.2 Å². The molecule has 7 heteroatoms. The molecule has 2 aromatic rings. The third-order valence-corrected chi connectivity index (χ3v) is 4.63. The second-order valence-electron chi connectivity index (χ2n) is 6.46. The molecule has 1 amide bonds. The molecule has 6 nitrogen and oxygen atoms in total. The fourth-order valence-corrected chi connectivity index (χ4v) is 3.35. The van der Waals surface area contributed by atoms with Crippen LogP contribution in [0.3, 0.4) is 0 Å². The quantitative estimate of drug-likeness (QED) is 0.834. The van der Waals surface area contributed by atoms with Crippen molar-refractivity contribution in [1.82, 2.24) is 5.32 Å². The first kappa shape index (κ1) is 17.5. The second kappa shape index (κ2) is 7.36. The molecule has 0 saturated heterocycles. The van der Waals surface area contributed by atoms with Crippen LogP contribution in [0, 0.1) is 5.82 Å². The van der Waals surface area contributed by atoms with Crippen LogP contribution in [0.4, 0.5) is 4.39 Å². The highest BCUT2D eigenvalue weighted by Gasteiger charge is 2.30. The Labute approximate surface area is 155 Å². The maximum absolute atomic E-state index is 13.8. The molecule has 4 rings (SSSR count). The predicted molar refractivity (Wildman–Crippen MR) is 92.7 cm³/mol. The van der Waals surface area contributed by atoms with E-state index in [-0.39, 0.29) is 25.1 Å². The van der Waals surface area contributed by atoms with E-state index in [0.29, 0.717) is 41.9 Å². The topological polar surface area (TPSA) is 73.9 Å². The van der Waals surface area contributed by atoms with Gasteiger partial charge >= 0.3 is 5.97 Å². The Morgan fingerprint density at radius 1 is 1.22 bits per heavy atom. The summed E-state index contributed by atoms with van der Waals surface area (Å²) < 4.78 is 29.6. The van der Waals surface area contributed by atoms with Crippen LogP contribution in [0.2, 0.25) is 0 Å². The van der Waals surface area contributed by atoms with Crippen molar-refractivity contribution in [2.45, 2.75) is 25.6 Å². The molecule has 0 saturated carbocycles. The van der Waals surface area contributed by atoms with Gasteiger partial charge in [0.05, 0.1) is 12.2 Å². The van der Waals surface area contributed by atoms with Gasteiger partial charge in [-0.1, -0.05) is 18.2 Å². The minimum Gasteiger partial charge on any atom is -0.467 e. The maximum atomic E-state index is 13.8. The molecule has 1 atom stereocenters. The van der Waals surface area contributed by atoms with Crippen LogP contribution in [0.25, 0.3) is 0 Å². The number of hydrogen-bond donors (Lipinski definition) is 1. The summed E-state index contributed by atoms with van der Waals surface area (Å²) in [5.41, 5.74) is 2.61. The fourth-order valence-electron chi connectivity index (χ4n) is 3.35. The van der Waals surface area contributed by atoms with E-state index in [9.17, 15) is 14.0 Å². The van der Waals surface area contributed by atoms with E-state index in [4.69, 9.17) is 14.2 Å². The largest absolute Gasteiger partial charge is 0.467 e. The number of halogens is 1. The fraction of sp³-hybridized carbons (Fsp3) is 0.300. The van der Waals surface area contributed by atoms with Crippen LogP contribution in [0.15, 0.2) is 36.4 Å². The molecule has 1 N–H and O–H groups in total. The summed E-state index contributed by atoms with van der Waals surface area (Å²) in [7, 11) is 0. The van der Waals surface area contributed by atoms with Crippen molar-refractivity contribution >= 4 is 11.9 Å². The standard InChI is InChI=1S/C20H18FNO5/c21-15-7-13(18-14(8-15)10-25-11-26-18)5-6-22-19(23)17-9-12-3-1-2-4-16(12)20(24)27-17/h1-4,7-8,17H,5-6,9-11H2,(H,22,23)/t17-/m0/s1. The monoisotopic (exact) mass is 371 g/mol. The average Bonchev–Trinajstić information content (AvgIpc) is 2.67. The number of amides is 1. The SMILES string of the molecule is O=C1O[C@H](C(=O)NCCc2cc(F)cc3c2OCOC3)Cc2ccccc21. The number of carbonyl (C=O) groups excluding carboxylic acids is 2. The lowest BCUT2D eigenvalue weighted by atomic mass is 9.98. The minimum absolute atomic E-state index is 0.120. The molecule has 27 heavy (non-hydrogen) atoms. The van der Waals surface area contributed by atoms with Crippen LogP contribution in [-0.4, -0.2) is 31.3 Å². The first-order chi connectivity index (χ1) is 13.1. The van der Waals surface area contributed by atoms with Gasteiger partial charge in [0.2, 0.25) is 0 Å². The molecule has 2 aliphatic rings. The van der Waals surface area contributed by atoms with E-state index < -0.39 is 12.1 Å². The van der Waals surface area contributed by atoms with Gasteiger partial charge in [0.25, 0.3) is 5.91 Å². The maximum Gasteiger partial charge on any atom is 0.339 e. The van der Waals surface area contributed by atoms with Gasteiger partial charge in [-0.25, -0.2) is 9.18 Å². The molecule has 0 spiro atoms. The highest BCUT2D eigenvalue weighted by atomic mass is 19.1. The van der Waals surface area contributed by atoms with Crippen LogP contribution >= 0.6 is 0 Å². The van der Waals surface area contributed by atoms with Crippen molar-refractivity contribution in [3.05, 3.63) is 64.5 Å². The van der Waals surface area contributed by atoms with E-state index in [1.807, 2.05) is 12.1 Å². The number of cyclic esters (lactones) is 1. The number of benzene rings is 2. The van der Waals surface area contributed by atoms with Crippen molar-refractivity contribution in [3.63, 3.8) is 0 Å². The molecule has 0 unspecified atom stereocenters. The van der Waals surface area contributed by atoms with E-state index in [0.717, 1.165) is 5.56 Å². The van der Waals surface area contributed by atoms with Gasteiger partial charge in [0.15, 0.2) is 12.9 Å². The third-order valence-electron chi connectivity index (χ3n) is 4.63. The number of hydrogen-bond acceptors (Lipinski definition) is 5. The van der Waals surface area contributed by atoms with Crippen LogP contribution in [0.1, 0.15) is 27.0 Å². The van der Waals surface area contributed by atoms with E-state index >= 15 is 0 Å². The molecule has 2 heterocycles. The molecule has 2 aromatic carbocycles. The summed E-state index contributed by atoms with van der Waals surface area (Å²) in [6.45, 7) is 0.688. The van der Waals surface area contributed by atoms with Gasteiger partial charge < -0.3 is 19.5 Å². The van der Waals surface area contributed by atoms with Gasteiger partial charge in [-0.05, 0) is 35.7 Å². The lowest BCUT2D eigenvalue weighted by molar-refractivity contribution is -0.130. The Morgan fingerprint density at radius 2 is 2.07 bits per heavy atom. The van der Waals surface area contributed by atoms with Gasteiger partial charge in [0, 0.05) is 18.5 Å². The Balaban J connectivity index is 1.38. The molecular weight excluding hydrogens is 353 g/mol. The molecule has 0 aromatic heterocycles. The van der Waals surface area contributed by atoms with Gasteiger partial charge in [-0.15, -0.1) is 0 Å². The van der Waals surface area contributed by atoms with E-state index in [1.165, 1.54) is 12.1 Å². The highest BCUT2D eigenvalue weighted by molar-refractivity contribution is 5.95.